The van der Waals surface area contributed by atoms with Gasteiger partial charge >= 0.3 is 0 Å². The number of rotatable bonds is 4. The van der Waals surface area contributed by atoms with Gasteiger partial charge in [0.2, 0.25) is 0 Å². The number of hydrogen-bond acceptors (Lipinski definition) is 3. The minimum Gasteiger partial charge on any atom is -0.386 e. The highest BCUT2D eigenvalue weighted by Crippen LogP contribution is 2.26. The predicted molar refractivity (Wildman–Crippen MR) is 72.7 cm³/mol. The predicted octanol–water partition coefficient (Wildman–Crippen LogP) is 1.92. The maximum atomic E-state index is 5.80. The number of nitrogens with zero attached hydrogens (tertiary/aromatic N) is 1. The summed E-state index contributed by atoms with van der Waals surface area (Å²) in [7, 11) is 0. The Hall–Kier alpha value is -1.64. The lowest BCUT2D eigenvalue weighted by molar-refractivity contribution is 0.439. The van der Waals surface area contributed by atoms with Crippen LogP contribution in [0, 0.1) is 5.41 Å². The number of nitrogens with two attached hydrogens (primary N) is 1. The molecule has 1 aliphatic rings. The molecule has 92 valence electrons. The van der Waals surface area contributed by atoms with Crippen molar-refractivity contribution < 1.29 is 0 Å². The second-order valence-electron chi connectivity index (χ2n) is 4.96. The second kappa shape index (κ2) is 4.70. The molecule has 0 amide bonds. The van der Waals surface area contributed by atoms with Gasteiger partial charge in [0.15, 0.2) is 0 Å². The smallest absolute Gasteiger partial charge is 0.0926 e. The SMILES string of the molecule is CCN(CC1(C)C=C(N)NC1)c1ccccc1. The summed E-state index contributed by atoms with van der Waals surface area (Å²) in [5.74, 6) is 0.802. The van der Waals surface area contributed by atoms with Crippen molar-refractivity contribution in [2.24, 2.45) is 11.1 Å². The number of nitrogens with one attached hydrogen (secondary N) is 1. The van der Waals surface area contributed by atoms with Gasteiger partial charge in [-0.2, -0.15) is 0 Å². The summed E-state index contributed by atoms with van der Waals surface area (Å²) in [4.78, 5) is 2.39. The first-order valence-electron chi connectivity index (χ1n) is 6.15. The molecule has 2 rings (SSSR count). The van der Waals surface area contributed by atoms with Gasteiger partial charge in [-0.1, -0.05) is 25.1 Å². The van der Waals surface area contributed by atoms with E-state index in [0.717, 1.165) is 25.5 Å². The second-order valence-corrected chi connectivity index (χ2v) is 4.96. The number of para-hydroxylation sites is 1. The normalized spacial score (nSPS) is 23.1. The summed E-state index contributed by atoms with van der Waals surface area (Å²) in [6, 6.07) is 10.5. The lowest BCUT2D eigenvalue weighted by Gasteiger charge is -2.31. The van der Waals surface area contributed by atoms with Crippen LogP contribution in [0.15, 0.2) is 42.2 Å². The standard InChI is InChI=1S/C14H21N3/c1-3-17(12-7-5-4-6-8-12)11-14(2)9-13(15)16-10-14/h4-9,16H,3,10-11,15H2,1-2H3. The van der Waals surface area contributed by atoms with Crippen molar-refractivity contribution in [2.45, 2.75) is 13.8 Å². The van der Waals surface area contributed by atoms with Crippen LogP contribution in [0.4, 0.5) is 5.69 Å². The van der Waals surface area contributed by atoms with Gasteiger partial charge in [0.05, 0.1) is 5.82 Å². The first-order valence-corrected chi connectivity index (χ1v) is 6.15. The maximum Gasteiger partial charge on any atom is 0.0926 e. The molecule has 3 nitrogen and oxygen atoms in total. The van der Waals surface area contributed by atoms with Gasteiger partial charge in [0.1, 0.15) is 0 Å². The third-order valence-electron chi connectivity index (χ3n) is 3.26. The Bertz CT molecular complexity index is 399. The largest absolute Gasteiger partial charge is 0.386 e. The highest BCUT2D eigenvalue weighted by molar-refractivity contribution is 5.46. The first-order chi connectivity index (χ1) is 8.13. The average molecular weight is 231 g/mol. The van der Waals surface area contributed by atoms with Gasteiger partial charge in [0.25, 0.3) is 0 Å². The lowest BCUT2D eigenvalue weighted by atomic mass is 9.91. The Balaban J connectivity index is 2.11. The molecule has 0 spiro atoms. The molecule has 1 atom stereocenters. The van der Waals surface area contributed by atoms with E-state index >= 15 is 0 Å². The summed E-state index contributed by atoms with van der Waals surface area (Å²) in [6.45, 7) is 7.34. The van der Waals surface area contributed by atoms with E-state index in [0.29, 0.717) is 0 Å². The Labute approximate surface area is 103 Å². The van der Waals surface area contributed by atoms with Crippen LogP contribution in [-0.2, 0) is 0 Å². The third kappa shape index (κ3) is 2.73. The van der Waals surface area contributed by atoms with Crippen LogP contribution >= 0.6 is 0 Å². The molecule has 0 saturated heterocycles. The molecule has 1 heterocycles. The third-order valence-corrected chi connectivity index (χ3v) is 3.26. The van der Waals surface area contributed by atoms with E-state index in [-0.39, 0.29) is 5.41 Å². The van der Waals surface area contributed by atoms with E-state index < -0.39 is 0 Å². The van der Waals surface area contributed by atoms with E-state index in [4.69, 9.17) is 5.73 Å². The van der Waals surface area contributed by atoms with Gasteiger partial charge in [-0.15, -0.1) is 0 Å². The molecule has 0 fully saturated rings. The zero-order valence-electron chi connectivity index (χ0n) is 10.6. The molecule has 1 aliphatic heterocycles. The molecule has 0 radical (unpaired) electrons. The minimum absolute atomic E-state index is 0.121. The fourth-order valence-corrected chi connectivity index (χ4v) is 2.34. The van der Waals surface area contributed by atoms with Crippen LogP contribution in [0.1, 0.15) is 13.8 Å². The molecule has 0 saturated carbocycles. The number of benzene rings is 1. The van der Waals surface area contributed by atoms with Crippen molar-refractivity contribution in [1.29, 1.82) is 0 Å². The van der Waals surface area contributed by atoms with Crippen LogP contribution in [0.25, 0.3) is 0 Å². The van der Waals surface area contributed by atoms with Crippen molar-refractivity contribution in [3.8, 4) is 0 Å². The molecule has 0 aromatic heterocycles. The monoisotopic (exact) mass is 231 g/mol. The van der Waals surface area contributed by atoms with Crippen LogP contribution in [0.2, 0.25) is 0 Å². The van der Waals surface area contributed by atoms with Gasteiger partial charge in [-0.25, -0.2) is 0 Å². The van der Waals surface area contributed by atoms with Gasteiger partial charge in [-0.3, -0.25) is 0 Å². The summed E-state index contributed by atoms with van der Waals surface area (Å²) < 4.78 is 0. The molecule has 3 N–H and O–H groups in total. The Morgan fingerprint density at radius 3 is 2.59 bits per heavy atom. The van der Waals surface area contributed by atoms with Crippen molar-refractivity contribution in [1.82, 2.24) is 5.32 Å². The van der Waals surface area contributed by atoms with Crippen LogP contribution < -0.4 is 16.0 Å². The van der Waals surface area contributed by atoms with E-state index in [9.17, 15) is 0 Å². The molecule has 0 bridgehead atoms. The molecule has 1 aromatic carbocycles. The molecular weight excluding hydrogens is 210 g/mol. The van der Waals surface area contributed by atoms with Gasteiger partial charge in [-0.05, 0) is 25.1 Å². The average Bonchev–Trinajstić information content (AvgIpc) is 2.68. The number of anilines is 1. The highest BCUT2D eigenvalue weighted by Gasteiger charge is 2.29. The van der Waals surface area contributed by atoms with Crippen molar-refractivity contribution >= 4 is 5.69 Å². The fraction of sp³-hybridized carbons (Fsp3) is 0.429. The molecule has 17 heavy (non-hydrogen) atoms. The Morgan fingerprint density at radius 2 is 2.06 bits per heavy atom. The topological polar surface area (TPSA) is 41.3 Å². The minimum atomic E-state index is 0.121. The highest BCUT2D eigenvalue weighted by atomic mass is 15.1. The van der Waals surface area contributed by atoms with Crippen LogP contribution in [-0.4, -0.2) is 19.6 Å². The van der Waals surface area contributed by atoms with Crippen molar-refractivity contribution in [3.05, 3.63) is 42.2 Å². The van der Waals surface area contributed by atoms with E-state index in [1.165, 1.54) is 5.69 Å². The van der Waals surface area contributed by atoms with Gasteiger partial charge < -0.3 is 16.0 Å². The fourth-order valence-electron chi connectivity index (χ4n) is 2.34. The molecule has 1 aromatic rings. The molecule has 3 heteroatoms. The summed E-state index contributed by atoms with van der Waals surface area (Å²) in [6.07, 6.45) is 2.14. The van der Waals surface area contributed by atoms with Crippen LogP contribution in [0.3, 0.4) is 0 Å². The van der Waals surface area contributed by atoms with Gasteiger partial charge in [0, 0.05) is 30.7 Å². The van der Waals surface area contributed by atoms with E-state index in [1.807, 2.05) is 6.07 Å². The summed E-state index contributed by atoms with van der Waals surface area (Å²) in [5, 5.41) is 3.20. The summed E-state index contributed by atoms with van der Waals surface area (Å²) in [5.41, 5.74) is 7.19. The Morgan fingerprint density at radius 1 is 1.35 bits per heavy atom. The molecule has 1 unspecified atom stereocenters. The first kappa shape index (κ1) is 11.8. The van der Waals surface area contributed by atoms with E-state index in [2.05, 4.69) is 54.4 Å². The molecule has 0 aliphatic carbocycles. The lowest BCUT2D eigenvalue weighted by Crippen LogP contribution is -2.37. The van der Waals surface area contributed by atoms with Crippen molar-refractivity contribution in [2.75, 3.05) is 24.5 Å². The Kier molecular flexibility index (Phi) is 3.27. The van der Waals surface area contributed by atoms with E-state index in [1.54, 1.807) is 0 Å². The number of hydrogen-bond donors (Lipinski definition) is 2. The quantitative estimate of drug-likeness (QED) is 0.832. The summed E-state index contributed by atoms with van der Waals surface area (Å²) >= 11 is 0. The zero-order valence-corrected chi connectivity index (χ0v) is 10.6. The molecular formula is C14H21N3. The van der Waals surface area contributed by atoms with Crippen molar-refractivity contribution in [3.63, 3.8) is 0 Å². The van der Waals surface area contributed by atoms with Crippen LogP contribution in [0.5, 0.6) is 0 Å². The maximum absolute atomic E-state index is 5.80. The zero-order chi connectivity index (χ0) is 12.3.